The molecule has 0 N–H and O–H groups in total. The van der Waals surface area contributed by atoms with Gasteiger partial charge in [-0.15, -0.1) is 0 Å². The predicted molar refractivity (Wildman–Crippen MR) is 144 cm³/mol. The van der Waals surface area contributed by atoms with Crippen LogP contribution in [0.4, 0.5) is 0 Å². The Kier molecular flexibility index (Phi) is 7.28. The maximum Gasteiger partial charge on any atom is 0.163 e. The van der Waals surface area contributed by atoms with E-state index in [0.29, 0.717) is 24.4 Å². The molecule has 0 atom stereocenters. The van der Waals surface area contributed by atoms with Crippen LogP contribution in [0.1, 0.15) is 141 Å². The molecule has 0 heterocycles. The standard InChI is InChI=1S/C33H42O2/c1-3-5-18-33(19-6-4-2)29-21-25(31(34)17-14-23-10-7-8-11-23)15-16-26(29)28-20-24-12-9-13-32(35)27(24)22-30(28)33/h15-16,20-23H,3-14,17-19H2,1-2H3. The van der Waals surface area contributed by atoms with E-state index in [9.17, 15) is 9.59 Å². The van der Waals surface area contributed by atoms with Crippen molar-refractivity contribution in [3.05, 3.63) is 58.1 Å². The van der Waals surface area contributed by atoms with E-state index in [-0.39, 0.29) is 5.41 Å². The lowest BCUT2D eigenvalue weighted by atomic mass is 9.69. The molecule has 0 bridgehead atoms. The molecule has 0 aromatic heterocycles. The van der Waals surface area contributed by atoms with Crippen LogP contribution in [0.3, 0.4) is 0 Å². The van der Waals surface area contributed by atoms with Crippen LogP contribution in [0.5, 0.6) is 0 Å². The molecule has 0 spiro atoms. The summed E-state index contributed by atoms with van der Waals surface area (Å²) in [5, 5.41) is 0. The fraction of sp³-hybridized carbons (Fsp3) is 0.576. The van der Waals surface area contributed by atoms with Gasteiger partial charge in [0.15, 0.2) is 11.6 Å². The molecule has 2 aromatic carbocycles. The first-order valence-electron chi connectivity index (χ1n) is 14.5. The highest BCUT2D eigenvalue weighted by molar-refractivity contribution is 6.01. The summed E-state index contributed by atoms with van der Waals surface area (Å²) < 4.78 is 0. The van der Waals surface area contributed by atoms with Gasteiger partial charge in [0.2, 0.25) is 0 Å². The third-order valence-corrected chi connectivity index (χ3v) is 9.23. The first kappa shape index (κ1) is 24.5. The highest BCUT2D eigenvalue weighted by Crippen LogP contribution is 2.55. The largest absolute Gasteiger partial charge is 0.294 e. The van der Waals surface area contributed by atoms with Crippen LogP contribution < -0.4 is 0 Å². The quantitative estimate of drug-likeness (QED) is 0.325. The lowest BCUT2D eigenvalue weighted by molar-refractivity contribution is 0.0965. The molecule has 3 aliphatic rings. The van der Waals surface area contributed by atoms with Crippen molar-refractivity contribution >= 4 is 11.6 Å². The maximum atomic E-state index is 13.3. The third kappa shape index (κ3) is 4.54. The van der Waals surface area contributed by atoms with E-state index in [2.05, 4.69) is 44.2 Å². The number of rotatable bonds is 10. The van der Waals surface area contributed by atoms with E-state index < -0.39 is 0 Å². The van der Waals surface area contributed by atoms with Crippen LogP contribution in [-0.4, -0.2) is 11.6 Å². The molecule has 2 heteroatoms. The van der Waals surface area contributed by atoms with Gasteiger partial charge in [0.05, 0.1) is 0 Å². The van der Waals surface area contributed by atoms with Crippen molar-refractivity contribution < 1.29 is 9.59 Å². The summed E-state index contributed by atoms with van der Waals surface area (Å²) in [7, 11) is 0. The topological polar surface area (TPSA) is 34.1 Å². The zero-order valence-electron chi connectivity index (χ0n) is 21.9. The first-order valence-corrected chi connectivity index (χ1v) is 14.5. The van der Waals surface area contributed by atoms with Crippen molar-refractivity contribution in [2.75, 3.05) is 0 Å². The van der Waals surface area contributed by atoms with Crippen LogP contribution >= 0.6 is 0 Å². The minimum absolute atomic E-state index is 0.0782. The van der Waals surface area contributed by atoms with Crippen LogP contribution in [-0.2, 0) is 11.8 Å². The van der Waals surface area contributed by atoms with Crippen molar-refractivity contribution in [2.45, 2.75) is 116 Å². The number of carbonyl (C=O) groups excluding carboxylic acids is 2. The number of hydrogen-bond donors (Lipinski definition) is 0. The highest BCUT2D eigenvalue weighted by Gasteiger charge is 2.43. The summed E-state index contributed by atoms with van der Waals surface area (Å²) in [5.41, 5.74) is 8.36. The van der Waals surface area contributed by atoms with Gasteiger partial charge >= 0.3 is 0 Å². The normalized spacial score (nSPS) is 18.4. The summed E-state index contributed by atoms with van der Waals surface area (Å²) in [6.07, 6.45) is 16.4. The van der Waals surface area contributed by atoms with Gasteiger partial charge in [0.1, 0.15) is 0 Å². The lowest BCUT2D eigenvalue weighted by Crippen LogP contribution is -2.26. The first-order chi connectivity index (χ1) is 17.1. The summed E-state index contributed by atoms with van der Waals surface area (Å²) in [6, 6.07) is 11.2. The Balaban J connectivity index is 1.57. The van der Waals surface area contributed by atoms with Gasteiger partial charge < -0.3 is 0 Å². The second-order valence-electron chi connectivity index (χ2n) is 11.5. The Hall–Kier alpha value is -2.22. The average molecular weight is 471 g/mol. The van der Waals surface area contributed by atoms with Gasteiger partial charge in [-0.2, -0.15) is 0 Å². The zero-order chi connectivity index (χ0) is 24.4. The van der Waals surface area contributed by atoms with Gasteiger partial charge in [-0.1, -0.05) is 83.4 Å². The molecule has 0 unspecified atom stereocenters. The van der Waals surface area contributed by atoms with E-state index in [1.165, 1.54) is 53.5 Å². The minimum atomic E-state index is -0.0782. The minimum Gasteiger partial charge on any atom is -0.294 e. The average Bonchev–Trinajstić information content (AvgIpc) is 3.49. The number of Topliss-reactive ketones (excluding diaryl/α,β-unsaturated/α-hetero) is 2. The van der Waals surface area contributed by atoms with E-state index in [1.807, 2.05) is 0 Å². The summed E-state index contributed by atoms with van der Waals surface area (Å²) in [4.78, 5) is 26.2. The van der Waals surface area contributed by atoms with Crippen LogP contribution in [0, 0.1) is 5.92 Å². The van der Waals surface area contributed by atoms with E-state index in [0.717, 1.165) is 74.8 Å². The maximum absolute atomic E-state index is 13.3. The number of benzene rings is 2. The molecule has 0 aliphatic heterocycles. The Morgan fingerprint density at radius 2 is 1.57 bits per heavy atom. The van der Waals surface area contributed by atoms with Crippen LogP contribution in [0.15, 0.2) is 30.3 Å². The van der Waals surface area contributed by atoms with Crippen LogP contribution in [0.2, 0.25) is 0 Å². The Labute approximate surface area is 211 Å². The number of carbonyl (C=O) groups is 2. The molecule has 3 aliphatic carbocycles. The highest BCUT2D eigenvalue weighted by atomic mass is 16.1. The molecule has 35 heavy (non-hydrogen) atoms. The summed E-state index contributed by atoms with van der Waals surface area (Å²) in [5.74, 6) is 1.37. The van der Waals surface area contributed by atoms with Gasteiger partial charge in [-0.05, 0) is 78.0 Å². The molecule has 0 saturated heterocycles. The molecule has 5 rings (SSSR count). The number of ketones is 2. The molecular weight excluding hydrogens is 428 g/mol. The monoisotopic (exact) mass is 470 g/mol. The lowest BCUT2D eigenvalue weighted by Gasteiger charge is -2.33. The van der Waals surface area contributed by atoms with Gasteiger partial charge in [-0.3, -0.25) is 9.59 Å². The smallest absolute Gasteiger partial charge is 0.163 e. The third-order valence-electron chi connectivity index (χ3n) is 9.23. The van der Waals surface area contributed by atoms with E-state index in [1.54, 1.807) is 0 Å². The van der Waals surface area contributed by atoms with E-state index >= 15 is 0 Å². The van der Waals surface area contributed by atoms with Gasteiger partial charge in [0, 0.05) is 29.4 Å². The molecule has 2 aromatic rings. The SMILES string of the molecule is CCCCC1(CCCC)c2cc(C(=O)CCC3CCCC3)ccc2-c2cc3c(cc21)C(=O)CCC3. The van der Waals surface area contributed by atoms with Crippen LogP contribution in [0.25, 0.3) is 11.1 Å². The summed E-state index contributed by atoms with van der Waals surface area (Å²) in [6.45, 7) is 4.54. The fourth-order valence-corrected chi connectivity index (χ4v) is 7.20. The number of aryl methyl sites for hydroxylation is 1. The molecule has 2 nitrogen and oxygen atoms in total. The Morgan fingerprint density at radius 1 is 0.857 bits per heavy atom. The van der Waals surface area contributed by atoms with Crippen molar-refractivity contribution in [3.63, 3.8) is 0 Å². The second kappa shape index (κ2) is 10.4. The fourth-order valence-electron chi connectivity index (χ4n) is 7.20. The van der Waals surface area contributed by atoms with Crippen molar-refractivity contribution in [1.82, 2.24) is 0 Å². The Bertz CT molecular complexity index is 1090. The van der Waals surface area contributed by atoms with Crippen molar-refractivity contribution in [2.24, 2.45) is 5.92 Å². The molecule has 1 fully saturated rings. The Morgan fingerprint density at radius 3 is 2.29 bits per heavy atom. The molecular formula is C33H42O2. The molecule has 0 amide bonds. The number of hydrogen-bond acceptors (Lipinski definition) is 2. The predicted octanol–water partition coefficient (Wildman–Crippen LogP) is 9.01. The molecule has 1 saturated carbocycles. The van der Waals surface area contributed by atoms with Crippen molar-refractivity contribution in [1.29, 1.82) is 0 Å². The molecule has 186 valence electrons. The number of fused-ring (bicyclic) bond motifs is 4. The van der Waals surface area contributed by atoms with Crippen molar-refractivity contribution in [3.8, 4) is 11.1 Å². The molecule has 0 radical (unpaired) electrons. The van der Waals surface area contributed by atoms with Gasteiger partial charge in [-0.25, -0.2) is 0 Å². The second-order valence-corrected chi connectivity index (χ2v) is 11.5. The van der Waals surface area contributed by atoms with E-state index in [4.69, 9.17) is 0 Å². The zero-order valence-corrected chi connectivity index (χ0v) is 21.9. The summed E-state index contributed by atoms with van der Waals surface area (Å²) >= 11 is 0. The number of unbranched alkanes of at least 4 members (excludes halogenated alkanes) is 2. The van der Waals surface area contributed by atoms with Gasteiger partial charge in [0.25, 0.3) is 0 Å².